The van der Waals surface area contributed by atoms with E-state index < -0.39 is 11.9 Å². The molecule has 0 unspecified atom stereocenters. The second-order valence-electron chi connectivity index (χ2n) is 7.31. The first-order chi connectivity index (χ1) is 16.9. The van der Waals surface area contributed by atoms with Gasteiger partial charge in [-0.25, -0.2) is 4.79 Å². The molecule has 0 saturated carbocycles. The van der Waals surface area contributed by atoms with Gasteiger partial charge < -0.3 is 25.3 Å². The van der Waals surface area contributed by atoms with E-state index in [0.717, 1.165) is 26.6 Å². The number of rotatable bonds is 11. The number of urea groups is 1. The van der Waals surface area contributed by atoms with Crippen LogP contribution >= 0.6 is 11.5 Å². The molecular weight excluding hydrogens is 472 g/mol. The second-order valence-corrected chi connectivity index (χ2v) is 8.11. The van der Waals surface area contributed by atoms with Crippen molar-refractivity contribution in [1.82, 2.24) is 9.69 Å². The van der Waals surface area contributed by atoms with E-state index in [4.69, 9.17) is 24.8 Å². The van der Waals surface area contributed by atoms with Gasteiger partial charge in [-0.3, -0.25) is 9.63 Å². The molecule has 10 nitrogen and oxygen atoms in total. The molecule has 35 heavy (non-hydrogen) atoms. The first-order valence-electron chi connectivity index (χ1n) is 10.7. The molecule has 0 bridgehead atoms. The van der Waals surface area contributed by atoms with E-state index in [1.807, 2.05) is 30.3 Å². The number of hydrogen-bond acceptors (Lipinski definition) is 8. The number of ether oxygens (including phenoxy) is 3. The predicted octanol–water partition coefficient (Wildman–Crippen LogP) is 3.85. The largest absolute Gasteiger partial charge is 0.493 e. The van der Waals surface area contributed by atoms with Crippen LogP contribution in [0.3, 0.4) is 0 Å². The van der Waals surface area contributed by atoms with Gasteiger partial charge >= 0.3 is 6.03 Å². The number of primary amides is 1. The molecule has 0 radical (unpaired) electrons. The van der Waals surface area contributed by atoms with Gasteiger partial charge in [0.05, 0.1) is 39.0 Å². The molecule has 3 N–H and O–H groups in total. The van der Waals surface area contributed by atoms with Crippen LogP contribution in [0.1, 0.15) is 12.8 Å². The summed E-state index contributed by atoms with van der Waals surface area (Å²) in [5.74, 6) is 1.16. The number of nitrogens with zero attached hydrogens (tertiary/aromatic N) is 2. The Bertz CT molecular complexity index is 1160. The maximum absolute atomic E-state index is 12.6. The summed E-state index contributed by atoms with van der Waals surface area (Å²) >= 11 is 1.33. The smallest absolute Gasteiger partial charge is 0.346 e. The maximum atomic E-state index is 12.6. The molecule has 1 aromatic heterocycles. The third kappa shape index (κ3) is 6.00. The molecule has 0 aliphatic rings. The van der Waals surface area contributed by atoms with Crippen LogP contribution < -0.4 is 30.3 Å². The fraction of sp³-hybridized carbons (Fsp3) is 0.292. The standard InChI is InChI=1S/C24H28N4O6S/c1-31-19-12-16(13-20(32-2)22(19)33-3)23-18(14-27-35-23)15-7-5-8-17(11-15)28(34-4)24(30)26-10-6-9-21(25)29/h5,7-8,11-14H,6,9-10H2,1-4H3,(H2,25,29)(H,26,30). The van der Waals surface area contributed by atoms with E-state index in [9.17, 15) is 9.59 Å². The first kappa shape index (κ1) is 25.8. The molecule has 1 heterocycles. The summed E-state index contributed by atoms with van der Waals surface area (Å²) in [5.41, 5.74) is 8.21. The maximum Gasteiger partial charge on any atom is 0.346 e. The van der Waals surface area contributed by atoms with Crippen LogP contribution in [0.4, 0.5) is 10.5 Å². The highest BCUT2D eigenvalue weighted by molar-refractivity contribution is 7.10. The number of carbonyl (C=O) groups excluding carboxylic acids is 2. The quantitative estimate of drug-likeness (QED) is 0.303. The van der Waals surface area contributed by atoms with Gasteiger partial charge in [0.2, 0.25) is 11.7 Å². The van der Waals surface area contributed by atoms with Crippen molar-refractivity contribution in [2.75, 3.05) is 40.0 Å². The molecule has 0 aliphatic heterocycles. The second kappa shape index (κ2) is 12.0. The van der Waals surface area contributed by atoms with Crippen LogP contribution in [0.25, 0.3) is 21.6 Å². The topological polar surface area (TPSA) is 125 Å². The summed E-state index contributed by atoms with van der Waals surface area (Å²) in [6, 6.07) is 10.6. The zero-order valence-electron chi connectivity index (χ0n) is 20.0. The molecule has 0 saturated heterocycles. The Labute approximate surface area is 207 Å². The first-order valence-corrected chi connectivity index (χ1v) is 11.5. The van der Waals surface area contributed by atoms with Gasteiger partial charge in [0, 0.05) is 30.3 Å². The van der Waals surface area contributed by atoms with Crippen LogP contribution in [-0.2, 0) is 9.63 Å². The number of nitrogens with two attached hydrogens (primary N) is 1. The molecule has 3 amide bonds. The fourth-order valence-electron chi connectivity index (χ4n) is 3.50. The highest BCUT2D eigenvalue weighted by atomic mass is 32.1. The van der Waals surface area contributed by atoms with Crippen molar-refractivity contribution in [3.05, 3.63) is 42.6 Å². The molecule has 2 aromatic carbocycles. The number of nitrogens with one attached hydrogen (secondary N) is 1. The van der Waals surface area contributed by atoms with Gasteiger partial charge in [0.1, 0.15) is 0 Å². The van der Waals surface area contributed by atoms with Crippen LogP contribution in [0, 0.1) is 0 Å². The normalized spacial score (nSPS) is 10.5. The highest BCUT2D eigenvalue weighted by Crippen LogP contribution is 2.44. The van der Waals surface area contributed by atoms with E-state index in [2.05, 4.69) is 9.69 Å². The van der Waals surface area contributed by atoms with Gasteiger partial charge in [-0.15, -0.1) is 0 Å². The van der Waals surface area contributed by atoms with Crippen molar-refractivity contribution in [2.24, 2.45) is 5.73 Å². The minimum absolute atomic E-state index is 0.192. The number of amides is 3. The average molecular weight is 501 g/mol. The Hall–Kier alpha value is -3.83. The predicted molar refractivity (Wildman–Crippen MR) is 134 cm³/mol. The van der Waals surface area contributed by atoms with Crippen LogP contribution in [0.2, 0.25) is 0 Å². The Kier molecular flexibility index (Phi) is 8.87. The van der Waals surface area contributed by atoms with Crippen molar-refractivity contribution < 1.29 is 28.6 Å². The SMILES string of the molecule is COc1cc(-c2sncc2-c2cccc(N(OC)C(=O)NCCCC(N)=O)c2)cc(OC)c1OC. The number of hydrogen-bond donors (Lipinski definition) is 2. The van der Waals surface area contributed by atoms with Crippen molar-refractivity contribution in [3.63, 3.8) is 0 Å². The molecule has 0 atom stereocenters. The van der Waals surface area contributed by atoms with E-state index in [1.165, 1.54) is 18.6 Å². The molecule has 0 spiro atoms. The van der Waals surface area contributed by atoms with Gasteiger partial charge in [0.15, 0.2) is 11.5 Å². The molecule has 3 rings (SSSR count). The summed E-state index contributed by atoms with van der Waals surface area (Å²) in [5, 5.41) is 3.86. The Morgan fingerprint density at radius 2 is 1.74 bits per heavy atom. The molecular formula is C24H28N4O6S. The summed E-state index contributed by atoms with van der Waals surface area (Å²) in [6.07, 6.45) is 2.40. The number of carbonyl (C=O) groups is 2. The summed E-state index contributed by atoms with van der Waals surface area (Å²) in [6.45, 7) is 0.293. The van der Waals surface area contributed by atoms with Crippen LogP contribution in [0.5, 0.6) is 17.2 Å². The Morgan fingerprint density at radius 1 is 1.03 bits per heavy atom. The summed E-state index contributed by atoms with van der Waals surface area (Å²) in [4.78, 5) is 29.7. The number of benzene rings is 2. The van der Waals surface area contributed by atoms with Gasteiger partial charge in [0.25, 0.3) is 0 Å². The third-order valence-electron chi connectivity index (χ3n) is 5.13. The van der Waals surface area contributed by atoms with Crippen molar-refractivity contribution in [2.45, 2.75) is 12.8 Å². The van der Waals surface area contributed by atoms with Crippen LogP contribution in [0.15, 0.2) is 42.6 Å². The molecule has 186 valence electrons. The zero-order chi connectivity index (χ0) is 25.4. The summed E-state index contributed by atoms with van der Waals surface area (Å²) in [7, 11) is 6.09. The number of hydroxylamine groups is 1. The zero-order valence-corrected chi connectivity index (χ0v) is 20.8. The molecule has 0 aliphatic carbocycles. The van der Waals surface area contributed by atoms with Gasteiger partial charge in [-0.05, 0) is 47.8 Å². The summed E-state index contributed by atoms with van der Waals surface area (Å²) < 4.78 is 20.8. The lowest BCUT2D eigenvalue weighted by Crippen LogP contribution is -2.40. The minimum atomic E-state index is -0.456. The van der Waals surface area contributed by atoms with Gasteiger partial charge in [-0.1, -0.05) is 12.1 Å². The average Bonchev–Trinajstić information content (AvgIpc) is 3.36. The molecule has 0 fully saturated rings. The van der Waals surface area contributed by atoms with E-state index >= 15 is 0 Å². The minimum Gasteiger partial charge on any atom is -0.493 e. The van der Waals surface area contributed by atoms with E-state index in [0.29, 0.717) is 35.9 Å². The lowest BCUT2D eigenvalue weighted by molar-refractivity contribution is -0.118. The Morgan fingerprint density at radius 3 is 2.34 bits per heavy atom. The fourth-order valence-corrected chi connectivity index (χ4v) is 4.26. The molecule has 3 aromatic rings. The molecule has 11 heteroatoms. The van der Waals surface area contributed by atoms with Crippen molar-refractivity contribution in [3.8, 4) is 38.8 Å². The Balaban J connectivity index is 1.91. The number of anilines is 1. The number of methoxy groups -OCH3 is 3. The highest BCUT2D eigenvalue weighted by Gasteiger charge is 2.20. The van der Waals surface area contributed by atoms with Crippen molar-refractivity contribution in [1.29, 1.82) is 0 Å². The van der Waals surface area contributed by atoms with E-state index in [-0.39, 0.29) is 6.42 Å². The lowest BCUT2D eigenvalue weighted by Gasteiger charge is -2.21. The lowest BCUT2D eigenvalue weighted by atomic mass is 10.0. The third-order valence-corrected chi connectivity index (χ3v) is 5.98. The van der Waals surface area contributed by atoms with Gasteiger partial charge in [-0.2, -0.15) is 9.44 Å². The van der Waals surface area contributed by atoms with Crippen LogP contribution in [-0.4, -0.2) is 51.3 Å². The number of aromatic nitrogens is 1. The van der Waals surface area contributed by atoms with Crippen molar-refractivity contribution >= 4 is 29.2 Å². The van der Waals surface area contributed by atoms with E-state index in [1.54, 1.807) is 33.6 Å². The monoisotopic (exact) mass is 500 g/mol.